The summed E-state index contributed by atoms with van der Waals surface area (Å²) in [7, 11) is 2.16. The molecule has 1 heterocycles. The lowest BCUT2D eigenvalue weighted by molar-refractivity contribution is 0.244. The molecule has 1 aromatic carbocycles. The van der Waals surface area contributed by atoms with E-state index in [0.717, 1.165) is 18.0 Å². The van der Waals surface area contributed by atoms with Gasteiger partial charge < -0.3 is 20.7 Å². The molecule has 0 aliphatic carbocycles. The summed E-state index contributed by atoms with van der Waals surface area (Å²) >= 11 is 0. The second kappa shape index (κ2) is 6.15. The lowest BCUT2D eigenvalue weighted by atomic mass is 10.1. The normalized spacial score (nSPS) is 20.5. The van der Waals surface area contributed by atoms with Gasteiger partial charge in [0.15, 0.2) is 0 Å². The Labute approximate surface area is 115 Å². The molecule has 0 aromatic heterocycles. The summed E-state index contributed by atoms with van der Waals surface area (Å²) in [6, 6.07) is 6.41. The molecule has 0 spiro atoms. The van der Waals surface area contributed by atoms with Crippen LogP contribution < -0.4 is 15.8 Å². The summed E-state index contributed by atoms with van der Waals surface area (Å²) in [6.45, 7) is 6.27. The van der Waals surface area contributed by atoms with E-state index in [-0.39, 0.29) is 6.10 Å². The zero-order chi connectivity index (χ0) is 13.8. The molecule has 4 heteroatoms. The number of hydrogen-bond donors (Lipinski definition) is 2. The molecule has 3 N–H and O–H groups in total. The first-order valence-corrected chi connectivity index (χ1v) is 7.06. The van der Waals surface area contributed by atoms with Crippen LogP contribution in [0.15, 0.2) is 18.2 Å². The number of ether oxygens (including phenoxy) is 1. The third-order valence-corrected chi connectivity index (χ3v) is 3.41. The van der Waals surface area contributed by atoms with Gasteiger partial charge in [-0.2, -0.15) is 0 Å². The molecule has 1 unspecified atom stereocenters. The number of nitrogens with zero attached hydrogens (tertiary/aromatic N) is 1. The summed E-state index contributed by atoms with van der Waals surface area (Å²) in [5.41, 5.74) is 7.88. The number of para-hydroxylation sites is 1. The Hall–Kier alpha value is -1.42. The number of hydrogen-bond acceptors (Lipinski definition) is 4. The van der Waals surface area contributed by atoms with E-state index < -0.39 is 0 Å². The van der Waals surface area contributed by atoms with Crippen molar-refractivity contribution in [1.82, 2.24) is 4.90 Å². The SMILES string of the molecule is CC(C)Oc1cccc(NC2CCCN(C)C2)c1N. The largest absolute Gasteiger partial charge is 0.489 e. The van der Waals surface area contributed by atoms with E-state index in [1.165, 1.54) is 19.4 Å². The first-order valence-electron chi connectivity index (χ1n) is 7.06. The molecule has 0 amide bonds. The van der Waals surface area contributed by atoms with Crippen LogP contribution in [0.2, 0.25) is 0 Å². The molecule has 1 saturated heterocycles. The highest BCUT2D eigenvalue weighted by molar-refractivity contribution is 5.73. The zero-order valence-electron chi connectivity index (χ0n) is 12.1. The van der Waals surface area contributed by atoms with Gasteiger partial charge in [-0.25, -0.2) is 0 Å². The molecule has 0 radical (unpaired) electrons. The Morgan fingerprint density at radius 1 is 1.42 bits per heavy atom. The third kappa shape index (κ3) is 3.77. The summed E-state index contributed by atoms with van der Waals surface area (Å²) in [5.74, 6) is 0.768. The topological polar surface area (TPSA) is 50.5 Å². The van der Waals surface area contributed by atoms with Crippen molar-refractivity contribution in [3.8, 4) is 5.75 Å². The summed E-state index contributed by atoms with van der Waals surface area (Å²) < 4.78 is 5.72. The van der Waals surface area contributed by atoms with Crippen LogP contribution in [-0.4, -0.2) is 37.2 Å². The minimum atomic E-state index is 0.137. The van der Waals surface area contributed by atoms with E-state index in [2.05, 4.69) is 17.3 Å². The molecular formula is C15H25N3O. The minimum Gasteiger partial charge on any atom is -0.489 e. The first-order chi connectivity index (χ1) is 9.06. The van der Waals surface area contributed by atoms with Crippen molar-refractivity contribution in [2.24, 2.45) is 0 Å². The number of anilines is 2. The predicted molar refractivity (Wildman–Crippen MR) is 80.8 cm³/mol. The first kappa shape index (κ1) is 14.0. The molecule has 1 fully saturated rings. The minimum absolute atomic E-state index is 0.137. The summed E-state index contributed by atoms with van der Waals surface area (Å²) in [5, 5.41) is 3.55. The second-order valence-electron chi connectivity index (χ2n) is 5.63. The molecule has 1 aliphatic rings. The van der Waals surface area contributed by atoms with Crippen molar-refractivity contribution < 1.29 is 4.74 Å². The van der Waals surface area contributed by atoms with E-state index in [4.69, 9.17) is 10.5 Å². The molecule has 0 bridgehead atoms. The predicted octanol–water partition coefficient (Wildman–Crippen LogP) is 2.56. The maximum absolute atomic E-state index is 6.18. The van der Waals surface area contributed by atoms with E-state index in [0.29, 0.717) is 11.7 Å². The fourth-order valence-electron chi connectivity index (χ4n) is 2.53. The summed E-state index contributed by atoms with van der Waals surface area (Å²) in [4.78, 5) is 2.35. The van der Waals surface area contributed by atoms with Crippen LogP contribution >= 0.6 is 0 Å². The molecule has 0 saturated carbocycles. The van der Waals surface area contributed by atoms with Gasteiger partial charge in [0, 0.05) is 12.6 Å². The lowest BCUT2D eigenvalue weighted by Crippen LogP contribution is -2.39. The van der Waals surface area contributed by atoms with Crippen LogP contribution in [0.25, 0.3) is 0 Å². The Morgan fingerprint density at radius 3 is 2.89 bits per heavy atom. The van der Waals surface area contributed by atoms with Crippen LogP contribution in [0.4, 0.5) is 11.4 Å². The Morgan fingerprint density at radius 2 is 2.21 bits per heavy atom. The standard InChI is InChI=1S/C15H25N3O/c1-11(2)19-14-8-4-7-13(15(14)16)17-12-6-5-9-18(3)10-12/h4,7-8,11-12,17H,5-6,9-10,16H2,1-3H3. The number of rotatable bonds is 4. The van der Waals surface area contributed by atoms with Crippen molar-refractivity contribution in [3.63, 3.8) is 0 Å². The molecule has 106 valence electrons. The van der Waals surface area contributed by atoms with Gasteiger partial charge >= 0.3 is 0 Å². The number of nitrogens with one attached hydrogen (secondary N) is 1. The highest BCUT2D eigenvalue weighted by Gasteiger charge is 2.18. The number of benzene rings is 1. The molecule has 4 nitrogen and oxygen atoms in total. The molecule has 1 aliphatic heterocycles. The van der Waals surface area contributed by atoms with Crippen LogP contribution in [0.3, 0.4) is 0 Å². The smallest absolute Gasteiger partial charge is 0.144 e. The van der Waals surface area contributed by atoms with Gasteiger partial charge in [0.25, 0.3) is 0 Å². The van der Waals surface area contributed by atoms with Crippen molar-refractivity contribution in [1.29, 1.82) is 0 Å². The van der Waals surface area contributed by atoms with Gasteiger partial charge in [-0.05, 0) is 52.4 Å². The maximum atomic E-state index is 6.18. The van der Waals surface area contributed by atoms with Crippen molar-refractivity contribution in [2.45, 2.75) is 38.8 Å². The van der Waals surface area contributed by atoms with Crippen LogP contribution in [0.1, 0.15) is 26.7 Å². The number of piperidine rings is 1. The average Bonchev–Trinajstić information content (AvgIpc) is 2.34. The lowest BCUT2D eigenvalue weighted by Gasteiger charge is -2.31. The van der Waals surface area contributed by atoms with Gasteiger partial charge in [-0.15, -0.1) is 0 Å². The quantitative estimate of drug-likeness (QED) is 0.820. The Bertz CT molecular complexity index is 420. The molecule has 19 heavy (non-hydrogen) atoms. The third-order valence-electron chi connectivity index (χ3n) is 3.41. The Balaban J connectivity index is 2.07. The monoisotopic (exact) mass is 263 g/mol. The average molecular weight is 263 g/mol. The van der Waals surface area contributed by atoms with Gasteiger partial charge in [0.05, 0.1) is 17.5 Å². The molecule has 1 atom stereocenters. The van der Waals surface area contributed by atoms with Gasteiger partial charge in [0.1, 0.15) is 5.75 Å². The highest BCUT2D eigenvalue weighted by Crippen LogP contribution is 2.31. The van der Waals surface area contributed by atoms with Crippen LogP contribution in [0, 0.1) is 0 Å². The second-order valence-corrected chi connectivity index (χ2v) is 5.63. The van der Waals surface area contributed by atoms with Crippen LogP contribution in [0.5, 0.6) is 5.75 Å². The number of nitrogens with two attached hydrogens (primary N) is 1. The fourth-order valence-corrected chi connectivity index (χ4v) is 2.53. The maximum Gasteiger partial charge on any atom is 0.144 e. The number of likely N-dealkylation sites (N-methyl/N-ethyl adjacent to an activating group) is 1. The fraction of sp³-hybridized carbons (Fsp3) is 0.600. The van der Waals surface area contributed by atoms with Crippen molar-refractivity contribution in [2.75, 3.05) is 31.2 Å². The van der Waals surface area contributed by atoms with E-state index in [1.807, 2.05) is 32.0 Å². The van der Waals surface area contributed by atoms with Gasteiger partial charge in [-0.3, -0.25) is 0 Å². The number of likely N-dealkylation sites (tertiary alicyclic amines) is 1. The Kier molecular flexibility index (Phi) is 4.53. The van der Waals surface area contributed by atoms with Gasteiger partial charge in [0.2, 0.25) is 0 Å². The molecule has 1 aromatic rings. The van der Waals surface area contributed by atoms with Gasteiger partial charge in [-0.1, -0.05) is 6.07 Å². The van der Waals surface area contributed by atoms with E-state index >= 15 is 0 Å². The molecule has 2 rings (SSSR count). The zero-order valence-corrected chi connectivity index (χ0v) is 12.1. The summed E-state index contributed by atoms with van der Waals surface area (Å²) in [6.07, 6.45) is 2.56. The number of nitrogen functional groups attached to an aromatic ring is 1. The van der Waals surface area contributed by atoms with Crippen molar-refractivity contribution in [3.05, 3.63) is 18.2 Å². The highest BCUT2D eigenvalue weighted by atomic mass is 16.5. The van der Waals surface area contributed by atoms with E-state index in [1.54, 1.807) is 0 Å². The van der Waals surface area contributed by atoms with E-state index in [9.17, 15) is 0 Å². The van der Waals surface area contributed by atoms with Crippen molar-refractivity contribution >= 4 is 11.4 Å². The van der Waals surface area contributed by atoms with Crippen LogP contribution in [-0.2, 0) is 0 Å². The molecular weight excluding hydrogens is 238 g/mol.